The fourth-order valence-electron chi connectivity index (χ4n) is 5.08. The molecular weight excluding hydrogens is 458 g/mol. The van der Waals surface area contributed by atoms with Crippen LogP contribution >= 0.6 is 0 Å². The second kappa shape index (κ2) is 9.14. The zero-order valence-electron chi connectivity index (χ0n) is 20.6. The van der Waals surface area contributed by atoms with Gasteiger partial charge in [-0.3, -0.25) is 24.2 Å². The van der Waals surface area contributed by atoms with Crippen LogP contribution < -0.4 is 5.73 Å². The first-order chi connectivity index (χ1) is 17.5. The SMILES string of the molecule is CCn1nc(C)cc1-c1nc(-c2cc(C(N)=O)cc3c2cnn3CCN2CCOC(C3CC3)C2)n[nH]1. The van der Waals surface area contributed by atoms with Crippen LogP contribution in [0.5, 0.6) is 0 Å². The summed E-state index contributed by atoms with van der Waals surface area (Å²) in [6.07, 6.45) is 4.74. The number of ether oxygens (including phenoxy) is 1. The van der Waals surface area contributed by atoms with Crippen LogP contribution in [0.2, 0.25) is 0 Å². The van der Waals surface area contributed by atoms with E-state index in [2.05, 4.69) is 25.3 Å². The van der Waals surface area contributed by atoms with Gasteiger partial charge in [0.1, 0.15) is 5.69 Å². The smallest absolute Gasteiger partial charge is 0.248 e. The molecule has 4 aromatic rings. The summed E-state index contributed by atoms with van der Waals surface area (Å²) in [6, 6.07) is 5.53. The summed E-state index contributed by atoms with van der Waals surface area (Å²) in [5.41, 5.74) is 9.43. The van der Waals surface area contributed by atoms with E-state index in [-0.39, 0.29) is 0 Å². The number of aromatic nitrogens is 7. The first kappa shape index (κ1) is 22.9. The van der Waals surface area contributed by atoms with Gasteiger partial charge in [0.05, 0.1) is 36.7 Å². The maximum atomic E-state index is 12.2. The maximum absolute atomic E-state index is 12.2. The van der Waals surface area contributed by atoms with Gasteiger partial charge in [0.2, 0.25) is 5.91 Å². The van der Waals surface area contributed by atoms with Crippen molar-refractivity contribution >= 4 is 16.8 Å². The Morgan fingerprint density at radius 1 is 1.22 bits per heavy atom. The van der Waals surface area contributed by atoms with Gasteiger partial charge in [-0.15, -0.1) is 0 Å². The molecule has 2 fully saturated rings. The van der Waals surface area contributed by atoms with E-state index in [1.807, 2.05) is 41.5 Å². The van der Waals surface area contributed by atoms with Gasteiger partial charge in [0.15, 0.2) is 11.6 Å². The Morgan fingerprint density at radius 2 is 2.08 bits per heavy atom. The molecule has 11 nitrogen and oxygen atoms in total. The Balaban J connectivity index is 1.30. The molecule has 1 saturated carbocycles. The Hall–Kier alpha value is -3.57. The van der Waals surface area contributed by atoms with E-state index in [9.17, 15) is 4.79 Å². The minimum absolute atomic E-state index is 0.355. The van der Waals surface area contributed by atoms with Crippen molar-refractivity contribution in [3.8, 4) is 22.9 Å². The molecule has 0 spiro atoms. The van der Waals surface area contributed by atoms with Crippen molar-refractivity contribution in [3.63, 3.8) is 0 Å². The number of rotatable bonds is 8. The highest BCUT2D eigenvalue weighted by atomic mass is 16.5. The third-order valence-electron chi connectivity index (χ3n) is 7.17. The zero-order valence-corrected chi connectivity index (χ0v) is 20.6. The lowest BCUT2D eigenvalue weighted by Crippen LogP contribution is -2.44. The number of fused-ring (bicyclic) bond motifs is 1. The lowest BCUT2D eigenvalue weighted by Gasteiger charge is -2.33. The molecule has 4 heterocycles. The van der Waals surface area contributed by atoms with E-state index in [1.54, 1.807) is 6.07 Å². The Labute approximate surface area is 208 Å². The van der Waals surface area contributed by atoms with E-state index in [4.69, 9.17) is 15.5 Å². The summed E-state index contributed by atoms with van der Waals surface area (Å²) < 4.78 is 9.78. The van der Waals surface area contributed by atoms with Gasteiger partial charge in [-0.25, -0.2) is 4.98 Å². The standard InChI is InChI=1S/C25H31N9O2/c1-3-33-21(10-15(2)31-33)25-28-24(29-30-25)18-11-17(23(26)35)12-20-19(18)13-27-34(20)7-6-32-8-9-36-22(14-32)16-4-5-16/h10-13,16,22H,3-9,14H2,1-2H3,(H2,26,35)(H,28,29,30). The number of H-pyrrole nitrogens is 1. The maximum Gasteiger partial charge on any atom is 0.248 e. The minimum atomic E-state index is -0.498. The van der Waals surface area contributed by atoms with Gasteiger partial charge < -0.3 is 10.5 Å². The van der Waals surface area contributed by atoms with Crippen molar-refractivity contribution in [1.29, 1.82) is 0 Å². The fourth-order valence-corrected chi connectivity index (χ4v) is 5.08. The number of aryl methyl sites for hydroxylation is 2. The number of amides is 1. The number of nitrogens with zero attached hydrogens (tertiary/aromatic N) is 7. The molecule has 11 heteroatoms. The Kier molecular flexibility index (Phi) is 5.81. The van der Waals surface area contributed by atoms with Gasteiger partial charge in [0, 0.05) is 42.7 Å². The number of carbonyl (C=O) groups is 1. The monoisotopic (exact) mass is 489 g/mol. The van der Waals surface area contributed by atoms with Gasteiger partial charge in [-0.05, 0) is 50.8 Å². The summed E-state index contributed by atoms with van der Waals surface area (Å²) in [6.45, 7) is 8.94. The summed E-state index contributed by atoms with van der Waals surface area (Å²) in [7, 11) is 0. The third-order valence-corrected chi connectivity index (χ3v) is 7.17. The number of morpholine rings is 1. The van der Waals surface area contributed by atoms with Crippen molar-refractivity contribution in [2.24, 2.45) is 11.7 Å². The number of nitrogens with one attached hydrogen (secondary N) is 1. The van der Waals surface area contributed by atoms with Crippen molar-refractivity contribution in [2.75, 3.05) is 26.2 Å². The van der Waals surface area contributed by atoms with Gasteiger partial charge >= 0.3 is 0 Å². The van der Waals surface area contributed by atoms with Crippen LogP contribution in [0.3, 0.4) is 0 Å². The van der Waals surface area contributed by atoms with Crippen molar-refractivity contribution in [1.82, 2.24) is 39.6 Å². The number of benzene rings is 1. The summed E-state index contributed by atoms with van der Waals surface area (Å²) in [4.78, 5) is 19.4. The molecular formula is C25H31N9O2. The van der Waals surface area contributed by atoms with E-state index >= 15 is 0 Å². The van der Waals surface area contributed by atoms with Crippen molar-refractivity contribution in [3.05, 3.63) is 35.7 Å². The number of carbonyl (C=O) groups excluding carboxylic acids is 1. The minimum Gasteiger partial charge on any atom is -0.375 e. The van der Waals surface area contributed by atoms with Gasteiger partial charge in [0.25, 0.3) is 0 Å². The normalized spacial score (nSPS) is 18.8. The van der Waals surface area contributed by atoms with Gasteiger partial charge in [-0.2, -0.15) is 15.3 Å². The molecule has 6 rings (SSSR count). The lowest BCUT2D eigenvalue weighted by atomic mass is 10.0. The summed E-state index contributed by atoms with van der Waals surface area (Å²) >= 11 is 0. The molecule has 3 aromatic heterocycles. The molecule has 2 aliphatic rings. The molecule has 0 bridgehead atoms. The van der Waals surface area contributed by atoms with E-state index in [0.29, 0.717) is 29.9 Å². The second-order valence-corrected chi connectivity index (χ2v) is 9.73. The molecule has 188 valence electrons. The summed E-state index contributed by atoms with van der Waals surface area (Å²) in [5, 5.41) is 17.5. The Bertz CT molecular complexity index is 1410. The van der Waals surface area contributed by atoms with Crippen LogP contribution in [0.1, 0.15) is 35.8 Å². The fraction of sp³-hybridized carbons (Fsp3) is 0.480. The molecule has 1 saturated heterocycles. The number of aromatic amines is 1. The van der Waals surface area contributed by atoms with E-state index in [0.717, 1.165) is 66.6 Å². The average molecular weight is 490 g/mol. The molecule has 1 aliphatic carbocycles. The lowest BCUT2D eigenvalue weighted by molar-refractivity contribution is -0.0400. The third kappa shape index (κ3) is 4.28. The highest BCUT2D eigenvalue weighted by Gasteiger charge is 2.35. The van der Waals surface area contributed by atoms with Crippen LogP contribution in [-0.2, 0) is 17.8 Å². The molecule has 1 amide bonds. The molecule has 1 unspecified atom stereocenters. The highest BCUT2D eigenvalue weighted by Crippen LogP contribution is 2.35. The van der Waals surface area contributed by atoms with Crippen molar-refractivity contribution in [2.45, 2.75) is 45.9 Å². The predicted molar refractivity (Wildman–Crippen MR) is 134 cm³/mol. The van der Waals surface area contributed by atoms with Crippen LogP contribution in [0.4, 0.5) is 0 Å². The van der Waals surface area contributed by atoms with Gasteiger partial charge in [-0.1, -0.05) is 0 Å². The second-order valence-electron chi connectivity index (χ2n) is 9.73. The molecule has 1 aliphatic heterocycles. The number of primary amides is 1. The topological polar surface area (TPSA) is 133 Å². The quantitative estimate of drug-likeness (QED) is 0.388. The van der Waals surface area contributed by atoms with Crippen molar-refractivity contribution < 1.29 is 9.53 Å². The van der Waals surface area contributed by atoms with E-state index < -0.39 is 5.91 Å². The highest BCUT2D eigenvalue weighted by molar-refractivity contribution is 6.02. The van der Waals surface area contributed by atoms with Crippen LogP contribution in [-0.4, -0.2) is 77.9 Å². The predicted octanol–water partition coefficient (Wildman–Crippen LogP) is 2.22. The van der Waals surface area contributed by atoms with E-state index in [1.165, 1.54) is 12.8 Å². The first-order valence-corrected chi connectivity index (χ1v) is 12.6. The molecule has 36 heavy (non-hydrogen) atoms. The van der Waals surface area contributed by atoms with Crippen LogP contribution in [0.15, 0.2) is 24.4 Å². The molecule has 3 N–H and O–H groups in total. The Morgan fingerprint density at radius 3 is 2.86 bits per heavy atom. The first-order valence-electron chi connectivity index (χ1n) is 12.6. The molecule has 0 radical (unpaired) electrons. The van der Waals surface area contributed by atoms with Crippen LogP contribution in [0.25, 0.3) is 33.8 Å². The van der Waals surface area contributed by atoms with Crippen LogP contribution in [0, 0.1) is 12.8 Å². The molecule has 1 atom stereocenters. The summed E-state index contributed by atoms with van der Waals surface area (Å²) in [5.74, 6) is 1.33. The number of hydrogen-bond donors (Lipinski definition) is 2. The zero-order chi connectivity index (χ0) is 24.8. The molecule has 1 aromatic carbocycles. The number of nitrogens with two attached hydrogens (primary N) is 1. The largest absolute Gasteiger partial charge is 0.375 e. The number of hydrogen-bond acceptors (Lipinski definition) is 7. The average Bonchev–Trinajstić information content (AvgIpc) is 3.29.